The molecule has 21 heavy (non-hydrogen) atoms. The van der Waals surface area contributed by atoms with Crippen LogP contribution in [-0.2, 0) is 21.4 Å². The minimum Gasteiger partial charge on any atom is -0.480 e. The number of carboxylic acid groups (broad SMARTS) is 1. The molecule has 1 aromatic rings. The molecule has 1 atom stereocenters. The molecule has 0 bridgehead atoms. The molecule has 0 aromatic carbocycles. The van der Waals surface area contributed by atoms with E-state index in [1.54, 1.807) is 0 Å². The van der Waals surface area contributed by atoms with E-state index in [1.165, 1.54) is 20.8 Å². The van der Waals surface area contributed by atoms with Crippen LogP contribution in [0.1, 0.15) is 18.3 Å². The molecule has 9 nitrogen and oxygen atoms in total. The van der Waals surface area contributed by atoms with Crippen molar-refractivity contribution < 1.29 is 28.5 Å². The zero-order valence-electron chi connectivity index (χ0n) is 12.0. The zero-order valence-corrected chi connectivity index (χ0v) is 12.8. The topological polar surface area (TPSA) is 142 Å². The van der Waals surface area contributed by atoms with Crippen molar-refractivity contribution in [2.24, 2.45) is 0 Å². The van der Waals surface area contributed by atoms with Crippen LogP contribution in [0, 0.1) is 13.8 Å². The maximum atomic E-state index is 12.2. The smallest absolute Gasteiger partial charge is 0.325 e. The number of hydrogen-bond donors (Lipinski definition) is 4. The predicted molar refractivity (Wildman–Crippen MR) is 72.2 cm³/mol. The van der Waals surface area contributed by atoms with E-state index < -0.39 is 34.7 Å². The van der Waals surface area contributed by atoms with E-state index in [0.717, 1.165) is 4.68 Å². The van der Waals surface area contributed by atoms with E-state index in [4.69, 9.17) is 10.2 Å². The van der Waals surface area contributed by atoms with Gasteiger partial charge >= 0.3 is 5.97 Å². The number of aliphatic hydroxyl groups is 2. The van der Waals surface area contributed by atoms with Crippen molar-refractivity contribution in [1.82, 2.24) is 14.5 Å². The maximum Gasteiger partial charge on any atom is 0.325 e. The van der Waals surface area contributed by atoms with Gasteiger partial charge in [0.15, 0.2) is 0 Å². The molecule has 0 aliphatic rings. The second kappa shape index (κ2) is 6.10. The van der Waals surface area contributed by atoms with Crippen molar-refractivity contribution in [2.75, 3.05) is 13.2 Å². The van der Waals surface area contributed by atoms with Crippen LogP contribution in [0.2, 0.25) is 0 Å². The Morgan fingerprint density at radius 2 is 2.00 bits per heavy atom. The van der Waals surface area contributed by atoms with Crippen LogP contribution in [0.25, 0.3) is 0 Å². The largest absolute Gasteiger partial charge is 0.480 e. The molecule has 0 spiro atoms. The molecule has 0 amide bonds. The lowest BCUT2D eigenvalue weighted by Gasteiger charge is -2.20. The standard InChI is InChI=1S/C11H19N3O6S/c1-7-10(8(2)14(13-7)4-9(16)17)21(19,20)12-5-11(3,18)6-15/h12,15,18H,4-6H2,1-3H3,(H,16,17). The number of aryl methyl sites for hydroxylation is 1. The Bertz CT molecular complexity index is 635. The Balaban J connectivity index is 3.09. The molecule has 1 rings (SSSR count). The lowest BCUT2D eigenvalue weighted by molar-refractivity contribution is -0.137. The number of rotatable bonds is 7. The summed E-state index contributed by atoms with van der Waals surface area (Å²) in [6.07, 6.45) is 0. The van der Waals surface area contributed by atoms with Crippen molar-refractivity contribution >= 4 is 16.0 Å². The molecule has 0 saturated carbocycles. The van der Waals surface area contributed by atoms with Gasteiger partial charge in [0.05, 0.1) is 23.6 Å². The fourth-order valence-electron chi connectivity index (χ4n) is 1.73. The molecule has 0 aliphatic heterocycles. The fourth-order valence-corrected chi connectivity index (χ4v) is 3.30. The molecule has 1 heterocycles. The van der Waals surface area contributed by atoms with E-state index >= 15 is 0 Å². The molecule has 1 unspecified atom stereocenters. The lowest BCUT2D eigenvalue weighted by atomic mass is 10.1. The highest BCUT2D eigenvalue weighted by Gasteiger charge is 2.28. The summed E-state index contributed by atoms with van der Waals surface area (Å²) in [5.41, 5.74) is -1.25. The summed E-state index contributed by atoms with van der Waals surface area (Å²) in [5.74, 6) is -1.14. The highest BCUT2D eigenvalue weighted by molar-refractivity contribution is 7.89. The SMILES string of the molecule is Cc1nn(CC(=O)O)c(C)c1S(=O)(=O)NCC(C)(O)CO. The van der Waals surface area contributed by atoms with Crippen LogP contribution >= 0.6 is 0 Å². The van der Waals surface area contributed by atoms with Crippen molar-refractivity contribution in [3.8, 4) is 0 Å². The summed E-state index contributed by atoms with van der Waals surface area (Å²) in [4.78, 5) is 10.6. The van der Waals surface area contributed by atoms with Gasteiger partial charge in [-0.25, -0.2) is 13.1 Å². The van der Waals surface area contributed by atoms with Gasteiger partial charge in [-0.05, 0) is 20.8 Å². The fraction of sp³-hybridized carbons (Fsp3) is 0.636. The quantitative estimate of drug-likeness (QED) is 0.484. The average molecular weight is 321 g/mol. The molecule has 0 fully saturated rings. The summed E-state index contributed by atoms with van der Waals surface area (Å²) in [6.45, 7) is 2.74. The first-order valence-electron chi connectivity index (χ1n) is 6.09. The second-order valence-corrected chi connectivity index (χ2v) is 6.73. The normalized spacial score (nSPS) is 14.9. The molecule has 0 radical (unpaired) electrons. The van der Waals surface area contributed by atoms with E-state index in [9.17, 15) is 18.3 Å². The zero-order chi connectivity index (χ0) is 16.4. The van der Waals surface area contributed by atoms with Crippen molar-refractivity contribution in [3.63, 3.8) is 0 Å². The number of carbonyl (C=O) groups is 1. The maximum absolute atomic E-state index is 12.2. The number of nitrogens with zero attached hydrogens (tertiary/aromatic N) is 2. The van der Waals surface area contributed by atoms with E-state index in [2.05, 4.69) is 9.82 Å². The number of aliphatic hydroxyl groups excluding tert-OH is 1. The van der Waals surface area contributed by atoms with Crippen LogP contribution in [0.5, 0.6) is 0 Å². The third kappa shape index (κ3) is 4.24. The molecule has 1 aromatic heterocycles. The van der Waals surface area contributed by atoms with Crippen molar-refractivity contribution in [3.05, 3.63) is 11.4 Å². The highest BCUT2D eigenvalue weighted by Crippen LogP contribution is 2.19. The molecule has 4 N–H and O–H groups in total. The van der Waals surface area contributed by atoms with Gasteiger partial charge in [0.2, 0.25) is 10.0 Å². The van der Waals surface area contributed by atoms with Crippen molar-refractivity contribution in [2.45, 2.75) is 37.8 Å². The Morgan fingerprint density at radius 3 is 2.48 bits per heavy atom. The Morgan fingerprint density at radius 1 is 1.43 bits per heavy atom. The van der Waals surface area contributed by atoms with Crippen LogP contribution in [0.15, 0.2) is 4.90 Å². The minimum atomic E-state index is -3.98. The van der Waals surface area contributed by atoms with Crippen LogP contribution in [-0.4, -0.2) is 58.2 Å². The third-order valence-electron chi connectivity index (χ3n) is 2.85. The molecule has 120 valence electrons. The van der Waals surface area contributed by atoms with E-state index in [1.807, 2.05) is 0 Å². The number of carboxylic acids is 1. The number of nitrogens with one attached hydrogen (secondary N) is 1. The van der Waals surface area contributed by atoms with Crippen LogP contribution in [0.4, 0.5) is 0 Å². The van der Waals surface area contributed by atoms with Gasteiger partial charge < -0.3 is 15.3 Å². The van der Waals surface area contributed by atoms with Gasteiger partial charge in [-0.3, -0.25) is 9.48 Å². The number of hydrogen-bond acceptors (Lipinski definition) is 6. The average Bonchev–Trinajstić information content (AvgIpc) is 2.62. The van der Waals surface area contributed by atoms with Gasteiger partial charge in [-0.2, -0.15) is 5.10 Å². The Kier molecular flexibility index (Phi) is 5.10. The summed E-state index contributed by atoms with van der Waals surface area (Å²) in [5, 5.41) is 31.2. The minimum absolute atomic E-state index is 0.127. The molecule has 0 aliphatic carbocycles. The summed E-state index contributed by atoms with van der Waals surface area (Å²) >= 11 is 0. The number of aliphatic carboxylic acids is 1. The van der Waals surface area contributed by atoms with Gasteiger partial charge in [0, 0.05) is 6.54 Å². The monoisotopic (exact) mass is 321 g/mol. The summed E-state index contributed by atoms with van der Waals surface area (Å²) in [6, 6.07) is 0. The predicted octanol–water partition coefficient (Wildman–Crippen LogP) is -1.39. The van der Waals surface area contributed by atoms with Crippen LogP contribution < -0.4 is 4.72 Å². The molecule has 10 heteroatoms. The Hall–Kier alpha value is -1.49. The van der Waals surface area contributed by atoms with Gasteiger partial charge in [-0.1, -0.05) is 0 Å². The highest BCUT2D eigenvalue weighted by atomic mass is 32.2. The van der Waals surface area contributed by atoms with E-state index in [-0.39, 0.29) is 22.8 Å². The molecular weight excluding hydrogens is 302 g/mol. The first-order valence-corrected chi connectivity index (χ1v) is 7.57. The van der Waals surface area contributed by atoms with Crippen molar-refractivity contribution in [1.29, 1.82) is 0 Å². The summed E-state index contributed by atoms with van der Waals surface area (Å²) < 4.78 is 27.7. The third-order valence-corrected chi connectivity index (χ3v) is 4.51. The molecule has 0 saturated heterocycles. The summed E-state index contributed by atoms with van der Waals surface area (Å²) in [7, 11) is -3.98. The first-order chi connectivity index (χ1) is 9.50. The lowest BCUT2D eigenvalue weighted by Crippen LogP contribution is -2.43. The van der Waals surface area contributed by atoms with Crippen LogP contribution in [0.3, 0.4) is 0 Å². The van der Waals surface area contributed by atoms with Gasteiger partial charge in [0.25, 0.3) is 0 Å². The van der Waals surface area contributed by atoms with Gasteiger partial charge in [0.1, 0.15) is 11.4 Å². The molecular formula is C11H19N3O6S. The van der Waals surface area contributed by atoms with Gasteiger partial charge in [-0.15, -0.1) is 0 Å². The number of aromatic nitrogens is 2. The Labute approximate surface area is 122 Å². The second-order valence-electron chi connectivity index (χ2n) is 5.03. The van der Waals surface area contributed by atoms with E-state index in [0.29, 0.717) is 0 Å². The number of sulfonamides is 1. The first kappa shape index (κ1) is 17.6.